The summed E-state index contributed by atoms with van der Waals surface area (Å²) in [5.41, 5.74) is 0.745. The van der Waals surface area contributed by atoms with Gasteiger partial charge >= 0.3 is 5.97 Å². The van der Waals surface area contributed by atoms with Crippen molar-refractivity contribution in [3.63, 3.8) is 0 Å². The fourth-order valence-corrected chi connectivity index (χ4v) is 0.884. The third-order valence-electron chi connectivity index (χ3n) is 1.55. The van der Waals surface area contributed by atoms with E-state index < -0.39 is 10.9 Å². The molecule has 0 aliphatic carbocycles. The fourth-order valence-electron chi connectivity index (χ4n) is 0.884. The number of carboxylic acids is 1. The molecule has 0 bridgehead atoms. The lowest BCUT2D eigenvalue weighted by molar-refractivity contribution is -0.400. The van der Waals surface area contributed by atoms with Crippen molar-refractivity contribution >= 4 is 12.0 Å². The Morgan fingerprint density at radius 1 is 1.36 bits per heavy atom. The summed E-state index contributed by atoms with van der Waals surface area (Å²) in [6, 6.07) is 5.79. The minimum absolute atomic E-state index is 0.156. The summed E-state index contributed by atoms with van der Waals surface area (Å²) < 4.78 is 0. The van der Waals surface area contributed by atoms with Gasteiger partial charge in [-0.2, -0.15) is 0 Å². The second-order valence-electron chi connectivity index (χ2n) is 2.53. The van der Waals surface area contributed by atoms with E-state index in [1.807, 2.05) is 0 Å². The second kappa shape index (κ2) is 4.18. The molecular formula is C9H7NO4. The summed E-state index contributed by atoms with van der Waals surface area (Å²) in [5.74, 6) is -1.02. The number of hydrogen-bond donors (Lipinski definition) is 1. The van der Waals surface area contributed by atoms with Crippen LogP contribution in [0, 0.1) is 10.1 Å². The van der Waals surface area contributed by atoms with Crippen LogP contribution in [0.1, 0.15) is 15.9 Å². The number of nitro groups is 1. The largest absolute Gasteiger partial charge is 0.478 e. The highest BCUT2D eigenvalue weighted by Crippen LogP contribution is 2.05. The minimum atomic E-state index is -1.02. The van der Waals surface area contributed by atoms with Gasteiger partial charge in [0.05, 0.1) is 10.5 Å². The smallest absolute Gasteiger partial charge is 0.335 e. The summed E-state index contributed by atoms with van der Waals surface area (Å²) in [6.45, 7) is 0. The van der Waals surface area contributed by atoms with Gasteiger partial charge in [-0.15, -0.1) is 0 Å². The van der Waals surface area contributed by atoms with Gasteiger partial charge in [0.2, 0.25) is 6.20 Å². The number of rotatable bonds is 3. The first-order chi connectivity index (χ1) is 6.59. The molecule has 14 heavy (non-hydrogen) atoms. The molecule has 0 radical (unpaired) electrons. The number of carbonyl (C=O) groups is 1. The summed E-state index contributed by atoms with van der Waals surface area (Å²) in [6.07, 6.45) is 2.10. The molecule has 1 aromatic rings. The van der Waals surface area contributed by atoms with Crippen molar-refractivity contribution < 1.29 is 14.8 Å². The lowest BCUT2D eigenvalue weighted by Crippen LogP contribution is -1.94. The molecule has 72 valence electrons. The topological polar surface area (TPSA) is 80.4 Å². The van der Waals surface area contributed by atoms with Crippen LogP contribution in [0.4, 0.5) is 0 Å². The van der Waals surface area contributed by atoms with Crippen LogP contribution in [-0.2, 0) is 0 Å². The predicted octanol–water partition coefficient (Wildman–Crippen LogP) is 1.63. The van der Waals surface area contributed by atoms with E-state index >= 15 is 0 Å². The zero-order chi connectivity index (χ0) is 10.6. The van der Waals surface area contributed by atoms with Crippen molar-refractivity contribution in [2.45, 2.75) is 0 Å². The SMILES string of the molecule is O=C(O)c1ccc(C=C[N+](=O)[O-])cc1. The number of carboxylic acid groups (broad SMARTS) is 1. The lowest BCUT2D eigenvalue weighted by atomic mass is 10.1. The Morgan fingerprint density at radius 2 is 1.93 bits per heavy atom. The molecule has 0 saturated carbocycles. The molecule has 0 atom stereocenters. The Morgan fingerprint density at radius 3 is 2.36 bits per heavy atom. The molecule has 0 fully saturated rings. The van der Waals surface area contributed by atoms with Gasteiger partial charge in [-0.3, -0.25) is 10.1 Å². The van der Waals surface area contributed by atoms with Crippen LogP contribution >= 0.6 is 0 Å². The van der Waals surface area contributed by atoms with E-state index in [1.54, 1.807) is 0 Å². The highest BCUT2D eigenvalue weighted by atomic mass is 16.6. The lowest BCUT2D eigenvalue weighted by Gasteiger charge is -1.94. The molecule has 5 nitrogen and oxygen atoms in total. The van der Waals surface area contributed by atoms with Gasteiger partial charge in [-0.1, -0.05) is 12.1 Å². The first-order valence-electron chi connectivity index (χ1n) is 3.74. The molecule has 5 heteroatoms. The molecule has 0 aliphatic heterocycles. The van der Waals surface area contributed by atoms with Crippen molar-refractivity contribution in [3.8, 4) is 0 Å². The van der Waals surface area contributed by atoms with E-state index in [0.717, 1.165) is 6.20 Å². The van der Waals surface area contributed by atoms with Gasteiger partial charge in [0.1, 0.15) is 0 Å². The average molecular weight is 193 g/mol. The van der Waals surface area contributed by atoms with Gasteiger partial charge in [0.15, 0.2) is 0 Å². The molecule has 1 N–H and O–H groups in total. The van der Waals surface area contributed by atoms with Crippen molar-refractivity contribution in [2.75, 3.05) is 0 Å². The van der Waals surface area contributed by atoms with Crippen LogP contribution in [0.25, 0.3) is 6.08 Å². The van der Waals surface area contributed by atoms with Crippen molar-refractivity contribution in [3.05, 3.63) is 51.7 Å². The third-order valence-corrected chi connectivity index (χ3v) is 1.55. The zero-order valence-corrected chi connectivity index (χ0v) is 7.08. The normalized spacial score (nSPS) is 10.3. The van der Waals surface area contributed by atoms with Crippen LogP contribution in [0.15, 0.2) is 30.5 Å². The van der Waals surface area contributed by atoms with E-state index in [-0.39, 0.29) is 5.56 Å². The van der Waals surface area contributed by atoms with Crippen LogP contribution in [0.3, 0.4) is 0 Å². The number of benzene rings is 1. The maximum absolute atomic E-state index is 10.5. The fraction of sp³-hybridized carbons (Fsp3) is 0. The molecule has 0 unspecified atom stereocenters. The van der Waals surface area contributed by atoms with E-state index in [0.29, 0.717) is 5.56 Å². The average Bonchev–Trinajstić information content (AvgIpc) is 2.15. The van der Waals surface area contributed by atoms with Gasteiger partial charge < -0.3 is 5.11 Å². The van der Waals surface area contributed by atoms with Crippen LogP contribution in [0.2, 0.25) is 0 Å². The highest BCUT2D eigenvalue weighted by molar-refractivity contribution is 5.87. The second-order valence-corrected chi connectivity index (χ2v) is 2.53. The van der Waals surface area contributed by atoms with Gasteiger partial charge in [-0.25, -0.2) is 4.79 Å². The van der Waals surface area contributed by atoms with Crippen molar-refractivity contribution in [2.24, 2.45) is 0 Å². The number of nitrogens with zero attached hydrogens (tertiary/aromatic N) is 1. The summed E-state index contributed by atoms with van der Waals surface area (Å²) in [5, 5.41) is 18.5. The van der Waals surface area contributed by atoms with E-state index in [2.05, 4.69) is 0 Å². The quantitative estimate of drug-likeness (QED) is 0.584. The zero-order valence-electron chi connectivity index (χ0n) is 7.08. The molecule has 0 aliphatic rings. The molecule has 0 saturated heterocycles. The van der Waals surface area contributed by atoms with Crippen LogP contribution < -0.4 is 0 Å². The summed E-state index contributed by atoms with van der Waals surface area (Å²) in [4.78, 5) is 19.8. The highest BCUT2D eigenvalue weighted by Gasteiger charge is 2.00. The van der Waals surface area contributed by atoms with Crippen LogP contribution in [-0.4, -0.2) is 16.0 Å². The first-order valence-corrected chi connectivity index (χ1v) is 3.74. The molecule has 0 spiro atoms. The molecular weight excluding hydrogens is 186 g/mol. The molecule has 0 amide bonds. The van der Waals surface area contributed by atoms with E-state index in [1.165, 1.54) is 30.3 Å². The Bertz CT molecular complexity index is 380. The summed E-state index contributed by atoms with van der Waals surface area (Å²) >= 11 is 0. The monoisotopic (exact) mass is 193 g/mol. The van der Waals surface area contributed by atoms with E-state index in [9.17, 15) is 14.9 Å². The Labute approximate surface area is 79.4 Å². The Kier molecular flexibility index (Phi) is 2.96. The predicted molar refractivity (Wildman–Crippen MR) is 49.4 cm³/mol. The molecule has 0 aromatic heterocycles. The third kappa shape index (κ3) is 2.71. The van der Waals surface area contributed by atoms with Crippen LogP contribution in [0.5, 0.6) is 0 Å². The maximum Gasteiger partial charge on any atom is 0.335 e. The van der Waals surface area contributed by atoms with E-state index in [4.69, 9.17) is 5.11 Å². The standard InChI is InChI=1S/C9H7NO4/c11-9(12)8-3-1-7(2-4-8)5-6-10(13)14/h1-6H,(H,11,12). The minimum Gasteiger partial charge on any atom is -0.478 e. The number of aromatic carboxylic acids is 1. The van der Waals surface area contributed by atoms with Gasteiger partial charge in [-0.05, 0) is 17.7 Å². The Balaban J connectivity index is 2.83. The molecule has 1 rings (SSSR count). The maximum atomic E-state index is 10.5. The van der Waals surface area contributed by atoms with Crippen molar-refractivity contribution in [1.29, 1.82) is 0 Å². The van der Waals surface area contributed by atoms with Gasteiger partial charge in [0.25, 0.3) is 0 Å². The first kappa shape index (κ1) is 9.91. The van der Waals surface area contributed by atoms with Crippen molar-refractivity contribution in [1.82, 2.24) is 0 Å². The summed E-state index contributed by atoms with van der Waals surface area (Å²) in [7, 11) is 0. The molecule has 1 aromatic carbocycles. The number of hydrogen-bond acceptors (Lipinski definition) is 3. The Hall–Kier alpha value is -2.17. The van der Waals surface area contributed by atoms with Gasteiger partial charge in [0, 0.05) is 6.08 Å². The molecule has 0 heterocycles.